The molecule has 4 heterocycles. The zero-order valence-corrected chi connectivity index (χ0v) is 35.3. The van der Waals surface area contributed by atoms with Gasteiger partial charge >= 0.3 is 0 Å². The summed E-state index contributed by atoms with van der Waals surface area (Å²) in [4.78, 5) is 65.6. The van der Waals surface area contributed by atoms with E-state index in [0.29, 0.717) is 66.9 Å². The van der Waals surface area contributed by atoms with E-state index in [-0.39, 0.29) is 49.8 Å². The van der Waals surface area contributed by atoms with E-state index in [9.17, 15) is 27.6 Å². The van der Waals surface area contributed by atoms with Gasteiger partial charge in [0.05, 0.1) is 42.3 Å². The number of ether oxygens (including phenoxy) is 3. The molecule has 8 rings (SSSR count). The standard InChI is InChI=1S/C45H55N5O9S/c1-28-25-49(26-29(2)58-28)41(51)20-31-14-8-5-4-6-11-15-32-24-45(32,44(54)48-60(55,56)35-17-18-35)47-42(52)39-22-34(27-50(39)43(31)53)59-40-23-37(30-12-9-7-10-13-30)46-38-21-33(57-3)16-19-36(38)40/h7,9-13,15-16,19,21,23,28-29,31-32,34-35,39H,4-6,8,14,17-18,20,22,24-27H2,1-3H3,(H,47,52)(H,48,54)/b15-11-/t28?,29?,31-,32-,34-,39+,45-/m1/s1. The minimum Gasteiger partial charge on any atom is -0.497 e. The Labute approximate surface area is 351 Å². The van der Waals surface area contributed by atoms with Crippen molar-refractivity contribution in [3.05, 3.63) is 66.7 Å². The minimum atomic E-state index is -3.90. The van der Waals surface area contributed by atoms with Gasteiger partial charge in [0.15, 0.2) is 0 Å². The summed E-state index contributed by atoms with van der Waals surface area (Å²) in [5.74, 6) is -1.79. The van der Waals surface area contributed by atoms with Gasteiger partial charge in [-0.25, -0.2) is 13.4 Å². The number of aromatic nitrogens is 1. The molecule has 60 heavy (non-hydrogen) atoms. The second-order valence-electron chi connectivity index (χ2n) is 17.2. The first kappa shape index (κ1) is 41.7. The topological polar surface area (TPSA) is 174 Å². The number of carbonyl (C=O) groups excluding carboxylic acids is 4. The van der Waals surface area contributed by atoms with Crippen molar-refractivity contribution in [3.63, 3.8) is 0 Å². The monoisotopic (exact) mass is 841 g/mol. The number of pyridine rings is 1. The molecule has 4 fully saturated rings. The number of hydrogen-bond donors (Lipinski definition) is 2. The molecule has 3 aliphatic heterocycles. The zero-order valence-electron chi connectivity index (χ0n) is 34.5. The largest absolute Gasteiger partial charge is 0.497 e. The lowest BCUT2D eigenvalue weighted by molar-refractivity contribution is -0.149. The molecule has 7 atom stereocenters. The number of morpholine rings is 1. The minimum absolute atomic E-state index is 0.0146. The van der Waals surface area contributed by atoms with Crippen LogP contribution in [0.15, 0.2) is 66.7 Å². The number of sulfonamides is 1. The molecule has 2 N–H and O–H groups in total. The molecule has 4 amide bonds. The van der Waals surface area contributed by atoms with Crippen LogP contribution in [0.25, 0.3) is 22.2 Å². The maximum atomic E-state index is 15.0. The van der Waals surface area contributed by atoms with Gasteiger partial charge in [-0.2, -0.15) is 0 Å². The molecule has 2 saturated heterocycles. The van der Waals surface area contributed by atoms with Gasteiger partial charge in [0, 0.05) is 60.8 Å². The van der Waals surface area contributed by atoms with Gasteiger partial charge in [-0.1, -0.05) is 55.3 Å². The van der Waals surface area contributed by atoms with Gasteiger partial charge in [0.25, 0.3) is 5.91 Å². The Morgan fingerprint density at radius 2 is 1.75 bits per heavy atom. The summed E-state index contributed by atoms with van der Waals surface area (Å²) in [5, 5.41) is 3.05. The molecule has 320 valence electrons. The van der Waals surface area contributed by atoms with Crippen LogP contribution in [-0.4, -0.2) is 109 Å². The van der Waals surface area contributed by atoms with Gasteiger partial charge in [-0.3, -0.25) is 23.9 Å². The number of rotatable bonds is 9. The van der Waals surface area contributed by atoms with Crippen molar-refractivity contribution in [2.24, 2.45) is 11.8 Å². The molecule has 0 radical (unpaired) electrons. The van der Waals surface area contributed by atoms with Crippen molar-refractivity contribution in [1.29, 1.82) is 0 Å². The average Bonchev–Trinajstić information content (AvgIpc) is 4.16. The molecule has 2 aromatic carbocycles. The number of benzene rings is 2. The quantitative estimate of drug-likeness (QED) is 0.282. The number of fused-ring (bicyclic) bond motifs is 3. The molecule has 2 aliphatic carbocycles. The Morgan fingerprint density at radius 1 is 0.983 bits per heavy atom. The van der Waals surface area contributed by atoms with Gasteiger partial charge in [0.1, 0.15) is 29.2 Å². The van der Waals surface area contributed by atoms with E-state index in [2.05, 4.69) is 10.0 Å². The highest BCUT2D eigenvalue weighted by Gasteiger charge is 2.62. The smallest absolute Gasteiger partial charge is 0.259 e. The number of nitrogens with one attached hydrogen (secondary N) is 2. The lowest BCUT2D eigenvalue weighted by Gasteiger charge is -2.36. The third-order valence-electron chi connectivity index (χ3n) is 12.5. The SMILES string of the molecule is COc1ccc2c(O[C@@H]3C[C@H]4C(=O)N[C@]5(C(=O)NS(=O)(=O)C6CC6)C[C@H]5/C=C\CCCCC[C@H](CC(=O)N5CC(C)OC(C)C5)C(=O)N4C3)cc(-c3ccccc3)nc2c1. The van der Waals surface area contributed by atoms with Crippen LogP contribution in [-0.2, 0) is 33.9 Å². The van der Waals surface area contributed by atoms with E-state index in [1.54, 1.807) is 12.0 Å². The van der Waals surface area contributed by atoms with Gasteiger partial charge in [-0.05, 0) is 64.5 Å². The molecule has 0 spiro atoms. The van der Waals surface area contributed by atoms with Gasteiger partial charge in [-0.15, -0.1) is 0 Å². The lowest BCUT2D eigenvalue weighted by Crippen LogP contribution is -2.57. The Hall–Kier alpha value is -5.02. The maximum Gasteiger partial charge on any atom is 0.259 e. The summed E-state index contributed by atoms with van der Waals surface area (Å²) in [7, 11) is -2.31. The highest BCUT2D eigenvalue weighted by molar-refractivity contribution is 7.91. The van der Waals surface area contributed by atoms with E-state index >= 15 is 0 Å². The third-order valence-corrected chi connectivity index (χ3v) is 14.3. The predicted octanol–water partition coefficient (Wildman–Crippen LogP) is 4.90. The van der Waals surface area contributed by atoms with Crippen molar-refractivity contribution < 1.29 is 41.8 Å². The van der Waals surface area contributed by atoms with Crippen LogP contribution in [0.3, 0.4) is 0 Å². The van der Waals surface area contributed by atoms with Crippen molar-refractivity contribution in [2.75, 3.05) is 26.7 Å². The van der Waals surface area contributed by atoms with E-state index in [4.69, 9.17) is 19.2 Å². The normalized spacial score (nSPS) is 29.3. The third kappa shape index (κ3) is 9.02. The van der Waals surface area contributed by atoms with Crippen LogP contribution in [0.5, 0.6) is 11.5 Å². The number of carbonyl (C=O) groups is 4. The van der Waals surface area contributed by atoms with Crippen LogP contribution in [0.4, 0.5) is 0 Å². The molecule has 15 heteroatoms. The summed E-state index contributed by atoms with van der Waals surface area (Å²) >= 11 is 0. The van der Waals surface area contributed by atoms with Crippen LogP contribution in [0.2, 0.25) is 0 Å². The summed E-state index contributed by atoms with van der Waals surface area (Å²) in [6.07, 6.45) is 7.75. The maximum absolute atomic E-state index is 15.0. The van der Waals surface area contributed by atoms with E-state index in [0.717, 1.165) is 24.8 Å². The second-order valence-corrected chi connectivity index (χ2v) is 19.2. The fraction of sp³-hybridized carbons (Fsp3) is 0.533. The molecule has 2 saturated carbocycles. The summed E-state index contributed by atoms with van der Waals surface area (Å²) < 4.78 is 46.4. The molecular formula is C45H55N5O9S. The predicted molar refractivity (Wildman–Crippen MR) is 224 cm³/mol. The van der Waals surface area contributed by atoms with Crippen molar-refractivity contribution in [2.45, 2.75) is 113 Å². The number of nitrogens with zero attached hydrogens (tertiary/aromatic N) is 3. The molecule has 0 bridgehead atoms. The van der Waals surface area contributed by atoms with Crippen LogP contribution >= 0.6 is 0 Å². The molecule has 2 unspecified atom stereocenters. The number of methoxy groups -OCH3 is 1. The molecule has 14 nitrogen and oxygen atoms in total. The van der Waals surface area contributed by atoms with Crippen LogP contribution in [0, 0.1) is 11.8 Å². The molecule has 3 aromatic rings. The lowest BCUT2D eigenvalue weighted by atomic mass is 9.94. The first-order chi connectivity index (χ1) is 28.8. The highest BCUT2D eigenvalue weighted by Crippen LogP contribution is 2.46. The Kier molecular flexibility index (Phi) is 11.9. The Morgan fingerprint density at radius 3 is 2.48 bits per heavy atom. The van der Waals surface area contributed by atoms with Crippen LogP contribution in [0.1, 0.15) is 78.1 Å². The van der Waals surface area contributed by atoms with Gasteiger partial charge in [0.2, 0.25) is 27.7 Å². The number of amides is 4. The number of hydrogen-bond acceptors (Lipinski definition) is 10. The fourth-order valence-electron chi connectivity index (χ4n) is 9.04. The van der Waals surface area contributed by atoms with Crippen LogP contribution < -0.4 is 19.5 Å². The van der Waals surface area contributed by atoms with E-state index in [1.807, 2.05) is 80.6 Å². The summed E-state index contributed by atoms with van der Waals surface area (Å²) in [5.41, 5.74) is 0.686. The first-order valence-corrected chi connectivity index (χ1v) is 22.9. The first-order valence-electron chi connectivity index (χ1n) is 21.3. The van der Waals surface area contributed by atoms with E-state index < -0.39 is 56.6 Å². The molecule has 1 aromatic heterocycles. The Bertz CT molecular complexity index is 2260. The molecular weight excluding hydrogens is 787 g/mol. The Balaban J connectivity index is 1.12. The van der Waals surface area contributed by atoms with E-state index in [1.165, 1.54) is 4.90 Å². The second kappa shape index (κ2) is 17.2. The van der Waals surface area contributed by atoms with Crippen molar-refractivity contribution >= 4 is 44.6 Å². The van der Waals surface area contributed by atoms with Gasteiger partial charge < -0.3 is 29.3 Å². The summed E-state index contributed by atoms with van der Waals surface area (Å²) in [6.45, 7) is 4.76. The fourth-order valence-corrected chi connectivity index (χ4v) is 10.4. The zero-order chi connectivity index (χ0) is 42.2. The average molecular weight is 842 g/mol. The molecule has 5 aliphatic rings. The summed E-state index contributed by atoms with van der Waals surface area (Å²) in [6, 6.07) is 16.0. The number of allylic oxidation sites excluding steroid dienone is 1. The highest BCUT2D eigenvalue weighted by atomic mass is 32.2. The van der Waals surface area contributed by atoms with Crippen molar-refractivity contribution in [3.8, 4) is 22.8 Å². The van der Waals surface area contributed by atoms with Crippen molar-refractivity contribution in [1.82, 2.24) is 24.8 Å².